The lowest BCUT2D eigenvalue weighted by Gasteiger charge is -2.10. The molecule has 1 aliphatic heterocycles. The van der Waals surface area contributed by atoms with E-state index in [1.807, 2.05) is 24.3 Å². The minimum Gasteiger partial charge on any atom is -0.497 e. The van der Waals surface area contributed by atoms with Crippen LogP contribution in [-0.2, 0) is 0 Å². The minimum absolute atomic E-state index is 0.592. The highest BCUT2D eigenvalue weighted by atomic mass is 16.5. The summed E-state index contributed by atoms with van der Waals surface area (Å²) in [5, 5.41) is 0. The van der Waals surface area contributed by atoms with Crippen molar-refractivity contribution in [1.29, 1.82) is 0 Å². The molecule has 1 aromatic carbocycles. The molecule has 3 heteroatoms. The quantitative estimate of drug-likeness (QED) is 0.492. The van der Waals surface area contributed by atoms with Crippen molar-refractivity contribution >= 4 is 11.8 Å². The van der Waals surface area contributed by atoms with E-state index in [0.29, 0.717) is 5.92 Å². The SMILES string of the molecule is COc1cc(/C=C/C=C/CCCC2=NC[C@H](C)C=C2)cc(OC)c1. The van der Waals surface area contributed by atoms with E-state index < -0.39 is 0 Å². The van der Waals surface area contributed by atoms with Crippen molar-refractivity contribution in [2.75, 3.05) is 20.8 Å². The lowest BCUT2D eigenvalue weighted by molar-refractivity contribution is 0.394. The van der Waals surface area contributed by atoms with Crippen LogP contribution in [0.1, 0.15) is 31.7 Å². The highest BCUT2D eigenvalue weighted by molar-refractivity contribution is 5.95. The smallest absolute Gasteiger partial charge is 0.123 e. The van der Waals surface area contributed by atoms with Gasteiger partial charge in [0.1, 0.15) is 11.5 Å². The Morgan fingerprint density at radius 2 is 1.88 bits per heavy atom. The van der Waals surface area contributed by atoms with Gasteiger partial charge in [-0.05, 0) is 49.0 Å². The molecule has 0 radical (unpaired) electrons. The van der Waals surface area contributed by atoms with Gasteiger partial charge in [0.2, 0.25) is 0 Å². The zero-order chi connectivity index (χ0) is 17.2. The van der Waals surface area contributed by atoms with Crippen LogP contribution < -0.4 is 9.47 Å². The third kappa shape index (κ3) is 6.07. The molecule has 0 spiro atoms. The standard InChI is InChI=1S/C21H27NO2/c1-17-11-12-19(22-16-17)10-8-6-4-5-7-9-18-13-20(23-2)15-21(14-18)24-3/h4-5,7,9,11-15,17H,6,8,10,16H2,1-3H3/b5-4+,9-7+/t17-/m1/s1. The van der Waals surface area contributed by atoms with Crippen LogP contribution in [0.15, 0.2) is 53.6 Å². The van der Waals surface area contributed by atoms with Gasteiger partial charge >= 0.3 is 0 Å². The average molecular weight is 325 g/mol. The van der Waals surface area contributed by atoms with Crippen LogP contribution in [0.25, 0.3) is 6.08 Å². The zero-order valence-electron chi connectivity index (χ0n) is 14.9. The molecule has 0 N–H and O–H groups in total. The normalized spacial score (nSPS) is 17.5. The molecule has 3 nitrogen and oxygen atoms in total. The van der Waals surface area contributed by atoms with E-state index in [2.05, 4.69) is 42.3 Å². The summed E-state index contributed by atoms with van der Waals surface area (Å²) < 4.78 is 10.5. The predicted octanol–water partition coefficient (Wildman–Crippen LogP) is 5.09. The maximum absolute atomic E-state index is 5.27. The van der Waals surface area contributed by atoms with E-state index in [0.717, 1.165) is 42.9 Å². The van der Waals surface area contributed by atoms with Crippen LogP contribution in [0, 0.1) is 5.92 Å². The Hall–Kier alpha value is -2.29. The maximum Gasteiger partial charge on any atom is 0.123 e. The number of dihydropyridines is 1. The second-order valence-corrected chi connectivity index (χ2v) is 5.99. The topological polar surface area (TPSA) is 30.8 Å². The van der Waals surface area contributed by atoms with Gasteiger partial charge in [0.25, 0.3) is 0 Å². The lowest BCUT2D eigenvalue weighted by atomic mass is 10.0. The Balaban J connectivity index is 1.75. The van der Waals surface area contributed by atoms with Crippen LogP contribution in [0.2, 0.25) is 0 Å². The third-order valence-corrected chi connectivity index (χ3v) is 3.91. The van der Waals surface area contributed by atoms with Gasteiger partial charge in [-0.15, -0.1) is 0 Å². The Bertz CT molecular complexity index is 619. The van der Waals surface area contributed by atoms with E-state index >= 15 is 0 Å². The highest BCUT2D eigenvalue weighted by Gasteiger charge is 2.03. The van der Waals surface area contributed by atoms with Gasteiger partial charge in [0.05, 0.1) is 14.2 Å². The molecule has 0 saturated carbocycles. The predicted molar refractivity (Wildman–Crippen MR) is 102 cm³/mol. The van der Waals surface area contributed by atoms with E-state index in [4.69, 9.17) is 9.47 Å². The van der Waals surface area contributed by atoms with Gasteiger partial charge in [-0.3, -0.25) is 4.99 Å². The number of methoxy groups -OCH3 is 2. The summed E-state index contributed by atoms with van der Waals surface area (Å²) >= 11 is 0. The van der Waals surface area contributed by atoms with Crippen LogP contribution in [0.3, 0.4) is 0 Å². The highest BCUT2D eigenvalue weighted by Crippen LogP contribution is 2.23. The average Bonchev–Trinajstić information content (AvgIpc) is 2.62. The molecule has 0 amide bonds. The molecular formula is C21H27NO2. The summed E-state index contributed by atoms with van der Waals surface area (Å²) in [7, 11) is 3.32. The molecule has 1 aliphatic rings. The van der Waals surface area contributed by atoms with Gasteiger partial charge in [0.15, 0.2) is 0 Å². The number of benzene rings is 1. The second-order valence-electron chi connectivity index (χ2n) is 5.99. The summed E-state index contributed by atoms with van der Waals surface area (Å²) in [5.41, 5.74) is 2.30. The van der Waals surface area contributed by atoms with Crippen molar-refractivity contribution in [2.24, 2.45) is 10.9 Å². The molecule has 0 aliphatic carbocycles. The van der Waals surface area contributed by atoms with Gasteiger partial charge in [-0.1, -0.05) is 37.3 Å². The van der Waals surface area contributed by atoms with Crippen LogP contribution in [0.4, 0.5) is 0 Å². The number of rotatable bonds is 8. The number of allylic oxidation sites excluding steroid dienone is 4. The Labute approximate surface area is 145 Å². The van der Waals surface area contributed by atoms with E-state index in [9.17, 15) is 0 Å². The number of nitrogens with zero attached hydrogens (tertiary/aromatic N) is 1. The largest absolute Gasteiger partial charge is 0.497 e. The molecule has 0 fully saturated rings. The van der Waals surface area contributed by atoms with Crippen molar-refractivity contribution in [3.8, 4) is 11.5 Å². The molecule has 2 rings (SSSR count). The molecule has 0 unspecified atom stereocenters. The number of unbranched alkanes of at least 4 members (excludes halogenated alkanes) is 1. The van der Waals surface area contributed by atoms with E-state index in [1.54, 1.807) is 14.2 Å². The third-order valence-electron chi connectivity index (χ3n) is 3.91. The van der Waals surface area contributed by atoms with Crippen molar-refractivity contribution in [1.82, 2.24) is 0 Å². The van der Waals surface area contributed by atoms with Crippen LogP contribution >= 0.6 is 0 Å². The molecule has 1 heterocycles. The van der Waals surface area contributed by atoms with Gasteiger partial charge in [0, 0.05) is 18.3 Å². The Morgan fingerprint density at radius 3 is 2.50 bits per heavy atom. The van der Waals surface area contributed by atoms with Crippen molar-refractivity contribution < 1.29 is 9.47 Å². The molecule has 128 valence electrons. The molecule has 24 heavy (non-hydrogen) atoms. The minimum atomic E-state index is 0.592. The first-order valence-corrected chi connectivity index (χ1v) is 8.49. The van der Waals surface area contributed by atoms with Crippen molar-refractivity contribution in [3.63, 3.8) is 0 Å². The lowest BCUT2D eigenvalue weighted by Crippen LogP contribution is -2.06. The van der Waals surface area contributed by atoms with E-state index in [-0.39, 0.29) is 0 Å². The fraction of sp³-hybridized carbons (Fsp3) is 0.381. The Morgan fingerprint density at radius 1 is 1.12 bits per heavy atom. The second kappa shape index (κ2) is 9.76. The van der Waals surface area contributed by atoms with Crippen LogP contribution in [-0.4, -0.2) is 26.5 Å². The first-order valence-electron chi connectivity index (χ1n) is 8.49. The maximum atomic E-state index is 5.27. The van der Waals surface area contributed by atoms with Gasteiger partial charge in [-0.25, -0.2) is 0 Å². The Kier molecular flexibility index (Phi) is 7.34. The number of aliphatic imine (C=N–C) groups is 1. The number of ether oxygens (including phenoxy) is 2. The molecule has 1 aromatic rings. The fourth-order valence-electron chi connectivity index (χ4n) is 2.48. The summed E-state index contributed by atoms with van der Waals surface area (Å²) in [6.45, 7) is 3.14. The summed E-state index contributed by atoms with van der Waals surface area (Å²) in [5.74, 6) is 2.19. The number of hydrogen-bond donors (Lipinski definition) is 0. The van der Waals surface area contributed by atoms with E-state index in [1.165, 1.54) is 5.71 Å². The first kappa shape index (κ1) is 18.1. The van der Waals surface area contributed by atoms with Crippen LogP contribution in [0.5, 0.6) is 11.5 Å². The fourth-order valence-corrected chi connectivity index (χ4v) is 2.48. The molecular weight excluding hydrogens is 298 g/mol. The van der Waals surface area contributed by atoms with Crippen molar-refractivity contribution in [3.05, 3.63) is 54.1 Å². The molecule has 0 saturated heterocycles. The zero-order valence-corrected chi connectivity index (χ0v) is 14.9. The summed E-state index contributed by atoms with van der Waals surface area (Å²) in [6, 6.07) is 5.85. The first-order chi connectivity index (χ1) is 11.7. The van der Waals surface area contributed by atoms with Gasteiger partial charge < -0.3 is 9.47 Å². The number of hydrogen-bond acceptors (Lipinski definition) is 3. The van der Waals surface area contributed by atoms with Gasteiger partial charge in [-0.2, -0.15) is 0 Å². The molecule has 1 atom stereocenters. The summed E-state index contributed by atoms with van der Waals surface area (Å²) in [4.78, 5) is 4.58. The molecule has 0 bridgehead atoms. The summed E-state index contributed by atoms with van der Waals surface area (Å²) in [6.07, 6.45) is 16.1. The molecule has 0 aromatic heterocycles. The van der Waals surface area contributed by atoms with Crippen molar-refractivity contribution in [2.45, 2.75) is 26.2 Å². The monoisotopic (exact) mass is 325 g/mol.